The Labute approximate surface area is 141 Å². The van der Waals surface area contributed by atoms with Gasteiger partial charge in [-0.15, -0.1) is 11.8 Å². The Kier molecular flexibility index (Phi) is 3.38. The molecular formula is C17H12N2O4S. The van der Waals surface area contributed by atoms with Crippen LogP contribution in [0.2, 0.25) is 0 Å². The molecule has 2 aromatic carbocycles. The third kappa shape index (κ3) is 2.12. The van der Waals surface area contributed by atoms with E-state index in [0.29, 0.717) is 11.1 Å². The average molecular weight is 340 g/mol. The van der Waals surface area contributed by atoms with Gasteiger partial charge in [-0.2, -0.15) is 0 Å². The van der Waals surface area contributed by atoms with Gasteiger partial charge in [0.2, 0.25) is 0 Å². The van der Waals surface area contributed by atoms with Gasteiger partial charge in [-0.05, 0) is 5.56 Å². The van der Waals surface area contributed by atoms with E-state index < -0.39 is 4.92 Å². The zero-order chi connectivity index (χ0) is 16.8. The number of nitro groups is 1. The molecule has 6 nitrogen and oxygen atoms in total. The van der Waals surface area contributed by atoms with E-state index in [9.17, 15) is 19.7 Å². The molecule has 24 heavy (non-hydrogen) atoms. The Morgan fingerprint density at radius 3 is 2.71 bits per heavy atom. The first-order valence-corrected chi connectivity index (χ1v) is 8.44. The molecule has 0 spiro atoms. The van der Waals surface area contributed by atoms with Gasteiger partial charge in [0.05, 0.1) is 10.7 Å². The third-order valence-electron chi connectivity index (χ3n) is 4.33. The molecule has 0 aromatic heterocycles. The predicted octanol–water partition coefficient (Wildman–Crippen LogP) is 3.18. The largest absolute Gasteiger partial charge is 0.318 e. The summed E-state index contributed by atoms with van der Waals surface area (Å²) >= 11 is 1.34. The number of rotatable bonds is 1. The van der Waals surface area contributed by atoms with Crippen LogP contribution < -0.4 is 0 Å². The van der Waals surface area contributed by atoms with Crippen molar-refractivity contribution in [3.8, 4) is 0 Å². The van der Waals surface area contributed by atoms with E-state index >= 15 is 0 Å². The molecule has 0 aliphatic carbocycles. The molecule has 0 radical (unpaired) electrons. The fourth-order valence-electron chi connectivity index (χ4n) is 3.25. The lowest BCUT2D eigenvalue weighted by atomic mass is 10.0. The number of hydrogen-bond donors (Lipinski definition) is 0. The Bertz CT molecular complexity index is 896. The normalized spacial score (nSPS) is 19.2. The Hall–Kier alpha value is -2.67. The number of carbonyl (C=O) groups is 2. The van der Waals surface area contributed by atoms with E-state index in [4.69, 9.17) is 0 Å². The van der Waals surface area contributed by atoms with Crippen molar-refractivity contribution in [1.82, 2.24) is 4.90 Å². The lowest BCUT2D eigenvalue weighted by Crippen LogP contribution is -2.29. The maximum atomic E-state index is 12.8. The SMILES string of the molecule is O=C1CSC2c3cccc([N+](=O)[O-])c3C(=O)N2Cc2ccccc21. The number of nitrogens with zero attached hydrogens (tertiary/aromatic N) is 2. The van der Waals surface area contributed by atoms with E-state index in [1.807, 2.05) is 12.1 Å². The number of benzene rings is 2. The fourth-order valence-corrected chi connectivity index (χ4v) is 4.44. The van der Waals surface area contributed by atoms with Crippen LogP contribution in [0.4, 0.5) is 5.69 Å². The summed E-state index contributed by atoms with van der Waals surface area (Å²) in [5, 5.41) is 10.9. The summed E-state index contributed by atoms with van der Waals surface area (Å²) in [4.78, 5) is 37.6. The summed E-state index contributed by atoms with van der Waals surface area (Å²) in [5.41, 5.74) is 1.97. The first-order valence-electron chi connectivity index (χ1n) is 7.39. The second-order valence-electron chi connectivity index (χ2n) is 5.68. The first-order chi connectivity index (χ1) is 11.6. The molecule has 0 saturated heterocycles. The summed E-state index contributed by atoms with van der Waals surface area (Å²) in [7, 11) is 0. The predicted molar refractivity (Wildman–Crippen MR) is 88.9 cm³/mol. The van der Waals surface area contributed by atoms with E-state index in [1.54, 1.807) is 29.2 Å². The summed E-state index contributed by atoms with van der Waals surface area (Å²) in [6.45, 7) is 0.268. The van der Waals surface area contributed by atoms with Crippen LogP contribution in [0.1, 0.15) is 37.2 Å². The molecule has 0 saturated carbocycles. The van der Waals surface area contributed by atoms with Crippen LogP contribution in [-0.2, 0) is 6.54 Å². The summed E-state index contributed by atoms with van der Waals surface area (Å²) in [6, 6.07) is 11.9. The van der Waals surface area contributed by atoms with Gasteiger partial charge in [0.1, 0.15) is 10.9 Å². The summed E-state index contributed by atoms with van der Waals surface area (Å²) in [5.74, 6) is -0.103. The second-order valence-corrected chi connectivity index (χ2v) is 6.74. The van der Waals surface area contributed by atoms with Crippen molar-refractivity contribution < 1.29 is 14.5 Å². The number of fused-ring (bicyclic) bond motifs is 4. The lowest BCUT2D eigenvalue weighted by Gasteiger charge is -2.28. The minimum atomic E-state index is -0.527. The molecule has 2 aliphatic rings. The quantitative estimate of drug-likeness (QED) is 0.588. The topological polar surface area (TPSA) is 80.5 Å². The van der Waals surface area contributed by atoms with Crippen molar-refractivity contribution in [2.75, 3.05) is 5.75 Å². The Morgan fingerprint density at radius 2 is 1.92 bits per heavy atom. The molecule has 4 rings (SSSR count). The van der Waals surface area contributed by atoms with Crippen LogP contribution in [0.15, 0.2) is 42.5 Å². The first kappa shape index (κ1) is 14.9. The van der Waals surface area contributed by atoms with E-state index in [2.05, 4.69) is 0 Å². The maximum absolute atomic E-state index is 12.8. The van der Waals surface area contributed by atoms with Gasteiger partial charge < -0.3 is 4.90 Å². The highest BCUT2D eigenvalue weighted by molar-refractivity contribution is 8.00. The third-order valence-corrected chi connectivity index (χ3v) is 5.58. The van der Waals surface area contributed by atoms with Gasteiger partial charge in [-0.3, -0.25) is 19.7 Å². The summed E-state index contributed by atoms with van der Waals surface area (Å²) in [6.07, 6.45) is 0. The minimum Gasteiger partial charge on any atom is -0.318 e. The number of hydrogen-bond acceptors (Lipinski definition) is 5. The number of nitro benzene ring substituents is 1. The number of ketones is 1. The maximum Gasteiger partial charge on any atom is 0.282 e. The fraction of sp³-hybridized carbons (Fsp3) is 0.176. The van der Waals surface area contributed by atoms with Crippen LogP contribution in [0.5, 0.6) is 0 Å². The van der Waals surface area contributed by atoms with Gasteiger partial charge in [-0.25, -0.2) is 0 Å². The van der Waals surface area contributed by atoms with E-state index in [1.165, 1.54) is 17.8 Å². The molecule has 120 valence electrons. The number of Topliss-reactive ketones (excluding diaryl/α,β-unsaturated/α-hetero) is 1. The highest BCUT2D eigenvalue weighted by atomic mass is 32.2. The standard InChI is InChI=1S/C17H12N2O4S/c20-14-9-24-17-12-6-3-7-13(19(22)23)15(12)16(21)18(17)8-10-4-1-2-5-11(10)14/h1-7,17H,8-9H2. The van der Waals surface area contributed by atoms with E-state index in [0.717, 1.165) is 5.56 Å². The molecule has 1 unspecified atom stereocenters. The lowest BCUT2D eigenvalue weighted by molar-refractivity contribution is -0.385. The molecule has 7 heteroatoms. The molecule has 0 fully saturated rings. The molecular weight excluding hydrogens is 328 g/mol. The molecule has 0 N–H and O–H groups in total. The van der Waals surface area contributed by atoms with Crippen molar-refractivity contribution in [2.24, 2.45) is 0 Å². The van der Waals surface area contributed by atoms with Crippen LogP contribution >= 0.6 is 11.8 Å². The zero-order valence-electron chi connectivity index (χ0n) is 12.5. The molecule has 1 amide bonds. The molecule has 2 aliphatic heterocycles. The highest BCUT2D eigenvalue weighted by Crippen LogP contribution is 2.46. The Morgan fingerprint density at radius 1 is 1.12 bits per heavy atom. The molecule has 2 heterocycles. The van der Waals surface area contributed by atoms with Crippen LogP contribution in [-0.4, -0.2) is 27.3 Å². The number of carbonyl (C=O) groups excluding carboxylic acids is 2. The second kappa shape index (κ2) is 5.45. The van der Waals surface area contributed by atoms with Gasteiger partial charge in [0.15, 0.2) is 5.78 Å². The van der Waals surface area contributed by atoms with E-state index in [-0.39, 0.29) is 40.6 Å². The smallest absolute Gasteiger partial charge is 0.282 e. The van der Waals surface area contributed by atoms with Crippen molar-refractivity contribution in [3.05, 3.63) is 74.8 Å². The van der Waals surface area contributed by atoms with Gasteiger partial charge in [0, 0.05) is 23.7 Å². The molecule has 1 atom stereocenters. The monoisotopic (exact) mass is 340 g/mol. The van der Waals surface area contributed by atoms with Gasteiger partial charge in [0.25, 0.3) is 11.6 Å². The minimum absolute atomic E-state index is 0.0154. The zero-order valence-corrected chi connectivity index (χ0v) is 13.3. The van der Waals surface area contributed by atoms with Crippen LogP contribution in [0.25, 0.3) is 0 Å². The van der Waals surface area contributed by atoms with Crippen molar-refractivity contribution in [1.29, 1.82) is 0 Å². The van der Waals surface area contributed by atoms with Crippen molar-refractivity contribution in [2.45, 2.75) is 11.9 Å². The van der Waals surface area contributed by atoms with Gasteiger partial charge in [-0.1, -0.05) is 36.4 Å². The summed E-state index contributed by atoms with van der Waals surface area (Å²) < 4.78 is 0. The van der Waals surface area contributed by atoms with Crippen LogP contribution in [0.3, 0.4) is 0 Å². The number of amides is 1. The van der Waals surface area contributed by atoms with Crippen molar-refractivity contribution >= 4 is 29.1 Å². The van der Waals surface area contributed by atoms with Crippen LogP contribution in [0, 0.1) is 10.1 Å². The number of thioether (sulfide) groups is 1. The molecule has 0 bridgehead atoms. The Balaban J connectivity index is 1.85. The van der Waals surface area contributed by atoms with Gasteiger partial charge >= 0.3 is 0 Å². The van der Waals surface area contributed by atoms with Crippen molar-refractivity contribution in [3.63, 3.8) is 0 Å². The average Bonchev–Trinajstić information content (AvgIpc) is 2.83. The molecule has 2 aromatic rings. The highest BCUT2D eigenvalue weighted by Gasteiger charge is 2.43.